The molecular formula is C15H14ClN3O5S. The van der Waals surface area contributed by atoms with Crippen molar-refractivity contribution in [3.8, 4) is 0 Å². The fraction of sp³-hybridized carbons (Fsp3) is 0.133. The summed E-state index contributed by atoms with van der Waals surface area (Å²) in [6.07, 6.45) is 0. The quantitative estimate of drug-likeness (QED) is 0.630. The molecule has 0 radical (unpaired) electrons. The molecule has 2 aromatic rings. The largest absolute Gasteiger partial charge is 0.322 e. The molecule has 132 valence electrons. The van der Waals surface area contributed by atoms with E-state index < -0.39 is 26.5 Å². The molecule has 10 heteroatoms. The number of carbonyl (C=O) groups excluding carboxylic acids is 1. The molecule has 0 unspecified atom stereocenters. The minimum atomic E-state index is -3.67. The summed E-state index contributed by atoms with van der Waals surface area (Å²) in [6.45, 7) is 0. The summed E-state index contributed by atoms with van der Waals surface area (Å²) in [6, 6.07) is 9.26. The van der Waals surface area contributed by atoms with Gasteiger partial charge in [0.05, 0.1) is 9.82 Å². The highest BCUT2D eigenvalue weighted by Gasteiger charge is 2.22. The number of anilines is 1. The van der Waals surface area contributed by atoms with Gasteiger partial charge in [-0.1, -0.05) is 17.7 Å². The van der Waals surface area contributed by atoms with Crippen LogP contribution < -0.4 is 5.32 Å². The number of hydrogen-bond donors (Lipinski definition) is 1. The molecule has 0 aromatic heterocycles. The average molecular weight is 384 g/mol. The summed E-state index contributed by atoms with van der Waals surface area (Å²) in [5.41, 5.74) is -0.436. The molecule has 25 heavy (non-hydrogen) atoms. The predicted molar refractivity (Wildman–Crippen MR) is 93.4 cm³/mol. The van der Waals surface area contributed by atoms with Crippen LogP contribution >= 0.6 is 11.6 Å². The van der Waals surface area contributed by atoms with Crippen molar-refractivity contribution in [1.82, 2.24) is 4.31 Å². The number of nitrogens with one attached hydrogen (secondary N) is 1. The summed E-state index contributed by atoms with van der Waals surface area (Å²) < 4.78 is 25.3. The maximum atomic E-state index is 12.3. The molecule has 1 N–H and O–H groups in total. The zero-order chi connectivity index (χ0) is 18.8. The van der Waals surface area contributed by atoms with Gasteiger partial charge in [0.2, 0.25) is 10.0 Å². The van der Waals surface area contributed by atoms with Crippen molar-refractivity contribution in [3.63, 3.8) is 0 Å². The fourth-order valence-corrected chi connectivity index (χ4v) is 3.11. The number of rotatable bonds is 5. The second-order valence-electron chi connectivity index (χ2n) is 5.19. The van der Waals surface area contributed by atoms with Crippen LogP contribution in [0.15, 0.2) is 47.4 Å². The van der Waals surface area contributed by atoms with Gasteiger partial charge in [-0.15, -0.1) is 0 Å². The van der Waals surface area contributed by atoms with Crippen molar-refractivity contribution >= 4 is 38.9 Å². The van der Waals surface area contributed by atoms with Crippen molar-refractivity contribution < 1.29 is 18.1 Å². The van der Waals surface area contributed by atoms with Gasteiger partial charge >= 0.3 is 0 Å². The van der Waals surface area contributed by atoms with Gasteiger partial charge in [-0.2, -0.15) is 0 Å². The number of hydrogen-bond acceptors (Lipinski definition) is 5. The van der Waals surface area contributed by atoms with Gasteiger partial charge in [0.15, 0.2) is 0 Å². The monoisotopic (exact) mass is 383 g/mol. The molecule has 8 nitrogen and oxygen atoms in total. The second kappa shape index (κ2) is 7.18. The first kappa shape index (κ1) is 18.8. The van der Waals surface area contributed by atoms with E-state index in [2.05, 4.69) is 5.32 Å². The number of carbonyl (C=O) groups is 1. The Labute approximate surface area is 149 Å². The molecule has 0 saturated carbocycles. The summed E-state index contributed by atoms with van der Waals surface area (Å²) in [5, 5.41) is 13.7. The topological polar surface area (TPSA) is 110 Å². The smallest absolute Gasteiger partial charge is 0.283 e. The van der Waals surface area contributed by atoms with Gasteiger partial charge in [0.25, 0.3) is 11.6 Å². The van der Waals surface area contributed by atoms with Crippen molar-refractivity contribution in [2.45, 2.75) is 4.90 Å². The van der Waals surface area contributed by atoms with Crippen LogP contribution in [0.4, 0.5) is 11.4 Å². The Morgan fingerprint density at radius 3 is 2.48 bits per heavy atom. The van der Waals surface area contributed by atoms with Gasteiger partial charge in [-0.25, -0.2) is 12.7 Å². The van der Waals surface area contributed by atoms with Gasteiger partial charge in [0.1, 0.15) is 5.56 Å². The van der Waals surface area contributed by atoms with E-state index in [-0.39, 0.29) is 21.2 Å². The highest BCUT2D eigenvalue weighted by atomic mass is 35.5. The van der Waals surface area contributed by atoms with Crippen LogP contribution in [0, 0.1) is 10.1 Å². The standard InChI is InChI=1S/C15H14ClN3O5S/c1-18(2)25(23,24)12-5-3-4-11(9-12)17-15(20)13-7-6-10(16)8-14(13)19(21)22/h3-9H,1-2H3,(H,17,20). The molecule has 0 aliphatic carbocycles. The van der Waals surface area contributed by atoms with Crippen LogP contribution in [0.1, 0.15) is 10.4 Å². The lowest BCUT2D eigenvalue weighted by Crippen LogP contribution is -2.22. The van der Waals surface area contributed by atoms with E-state index in [1.54, 1.807) is 0 Å². The molecule has 0 heterocycles. The zero-order valence-electron chi connectivity index (χ0n) is 13.3. The minimum absolute atomic E-state index is 0.0131. The molecular weight excluding hydrogens is 370 g/mol. The van der Waals surface area contributed by atoms with Crippen LogP contribution in [0.2, 0.25) is 5.02 Å². The maximum absolute atomic E-state index is 12.3. The van der Waals surface area contributed by atoms with E-state index in [9.17, 15) is 23.3 Å². The van der Waals surface area contributed by atoms with Crippen molar-refractivity contribution in [1.29, 1.82) is 0 Å². The van der Waals surface area contributed by atoms with Crippen LogP contribution in [0.3, 0.4) is 0 Å². The number of benzene rings is 2. The van der Waals surface area contributed by atoms with E-state index >= 15 is 0 Å². The Kier molecular flexibility index (Phi) is 5.41. The highest BCUT2D eigenvalue weighted by molar-refractivity contribution is 7.89. The number of amides is 1. The summed E-state index contributed by atoms with van der Waals surface area (Å²) >= 11 is 5.72. The third-order valence-electron chi connectivity index (χ3n) is 3.27. The van der Waals surface area contributed by atoms with Crippen LogP contribution in [0.5, 0.6) is 0 Å². The first-order valence-electron chi connectivity index (χ1n) is 6.91. The molecule has 0 fully saturated rings. The second-order valence-corrected chi connectivity index (χ2v) is 7.78. The van der Waals surface area contributed by atoms with E-state index in [0.717, 1.165) is 10.4 Å². The first-order valence-corrected chi connectivity index (χ1v) is 8.72. The van der Waals surface area contributed by atoms with E-state index in [0.29, 0.717) is 0 Å². The number of nitro benzene ring substituents is 1. The Morgan fingerprint density at radius 2 is 1.88 bits per heavy atom. The van der Waals surface area contributed by atoms with Gasteiger partial charge in [0, 0.05) is 30.9 Å². The molecule has 0 spiro atoms. The molecule has 0 aliphatic heterocycles. The summed E-state index contributed by atoms with van der Waals surface area (Å²) in [5.74, 6) is -0.747. The van der Waals surface area contributed by atoms with E-state index in [1.807, 2.05) is 0 Å². The van der Waals surface area contributed by atoms with Gasteiger partial charge < -0.3 is 5.32 Å². The third kappa shape index (κ3) is 4.13. The molecule has 2 aromatic carbocycles. The Balaban J connectivity index is 2.36. The Hall–Kier alpha value is -2.49. The first-order chi connectivity index (χ1) is 11.6. The SMILES string of the molecule is CN(C)S(=O)(=O)c1cccc(NC(=O)c2ccc(Cl)cc2[N+](=O)[O-])c1. The average Bonchev–Trinajstić information content (AvgIpc) is 2.54. The van der Waals surface area contributed by atoms with Crippen molar-refractivity contribution in [2.24, 2.45) is 0 Å². The van der Waals surface area contributed by atoms with Crippen LogP contribution in [-0.4, -0.2) is 37.6 Å². The molecule has 0 atom stereocenters. The summed E-state index contributed by atoms with van der Waals surface area (Å²) in [4.78, 5) is 22.7. The normalized spacial score (nSPS) is 11.4. The number of halogens is 1. The predicted octanol–water partition coefficient (Wildman–Crippen LogP) is 2.75. The van der Waals surface area contributed by atoms with Gasteiger partial charge in [-0.3, -0.25) is 14.9 Å². The number of sulfonamides is 1. The zero-order valence-corrected chi connectivity index (χ0v) is 14.8. The summed E-state index contributed by atoms with van der Waals surface area (Å²) in [7, 11) is -0.898. The minimum Gasteiger partial charge on any atom is -0.322 e. The lowest BCUT2D eigenvalue weighted by Gasteiger charge is -2.12. The Morgan fingerprint density at radius 1 is 1.20 bits per heavy atom. The van der Waals surface area contributed by atoms with Crippen molar-refractivity contribution in [3.05, 3.63) is 63.2 Å². The van der Waals surface area contributed by atoms with E-state index in [1.165, 1.54) is 50.5 Å². The molecule has 2 rings (SSSR count). The third-order valence-corrected chi connectivity index (χ3v) is 5.32. The number of nitrogens with zero attached hydrogens (tertiary/aromatic N) is 2. The van der Waals surface area contributed by atoms with Crippen LogP contribution in [0.25, 0.3) is 0 Å². The number of nitro groups is 1. The molecule has 0 saturated heterocycles. The lowest BCUT2D eigenvalue weighted by atomic mass is 10.1. The van der Waals surface area contributed by atoms with Crippen molar-refractivity contribution in [2.75, 3.05) is 19.4 Å². The van der Waals surface area contributed by atoms with Gasteiger partial charge in [-0.05, 0) is 30.3 Å². The molecule has 0 aliphatic rings. The van der Waals surface area contributed by atoms with E-state index in [4.69, 9.17) is 11.6 Å². The fourth-order valence-electron chi connectivity index (χ4n) is 1.99. The van der Waals surface area contributed by atoms with Crippen LogP contribution in [-0.2, 0) is 10.0 Å². The highest BCUT2D eigenvalue weighted by Crippen LogP contribution is 2.25. The molecule has 0 bridgehead atoms. The lowest BCUT2D eigenvalue weighted by molar-refractivity contribution is -0.385. The Bertz CT molecular complexity index is 944. The molecule has 1 amide bonds. The maximum Gasteiger partial charge on any atom is 0.283 e.